The molecule has 1 heterocycles. The Labute approximate surface area is 166 Å². The minimum atomic E-state index is -0.296. The molecule has 3 rings (SSSR count). The molecule has 0 spiro atoms. The van der Waals surface area contributed by atoms with E-state index in [4.69, 9.17) is 14.5 Å². The number of hydrogen-bond donors (Lipinski definition) is 0. The Balaban J connectivity index is 1.90. The summed E-state index contributed by atoms with van der Waals surface area (Å²) in [5.41, 5.74) is 4.10. The second-order valence-electron chi connectivity index (χ2n) is 7.76. The van der Waals surface area contributed by atoms with Crippen molar-refractivity contribution in [3.8, 4) is 11.4 Å². The van der Waals surface area contributed by atoms with Crippen LogP contribution in [0.2, 0.25) is 0 Å². The van der Waals surface area contributed by atoms with Crippen LogP contribution < -0.4 is 0 Å². The fourth-order valence-electron chi connectivity index (χ4n) is 3.11. The van der Waals surface area contributed by atoms with Gasteiger partial charge in [0, 0.05) is 12.2 Å². The summed E-state index contributed by atoms with van der Waals surface area (Å²) in [7, 11) is 0. The van der Waals surface area contributed by atoms with Gasteiger partial charge in [0.1, 0.15) is 19.0 Å². The quantitative estimate of drug-likeness (QED) is 0.445. The first-order chi connectivity index (χ1) is 13.4. The molecular weight excluding hydrogens is 352 g/mol. The van der Waals surface area contributed by atoms with E-state index in [1.807, 2.05) is 35.8 Å². The molecule has 0 aliphatic carbocycles. The lowest BCUT2D eigenvalue weighted by atomic mass is 9.87. The Bertz CT molecular complexity index is 937. The van der Waals surface area contributed by atoms with E-state index in [1.54, 1.807) is 0 Å². The highest BCUT2D eigenvalue weighted by molar-refractivity contribution is 5.83. The third-order valence-electron chi connectivity index (χ3n) is 4.65. The predicted molar refractivity (Wildman–Crippen MR) is 111 cm³/mol. The van der Waals surface area contributed by atoms with Crippen LogP contribution in [0.5, 0.6) is 0 Å². The fourth-order valence-corrected chi connectivity index (χ4v) is 3.11. The molecule has 0 saturated heterocycles. The van der Waals surface area contributed by atoms with E-state index < -0.39 is 0 Å². The van der Waals surface area contributed by atoms with Crippen molar-refractivity contribution >= 4 is 17.0 Å². The first-order valence-corrected chi connectivity index (χ1v) is 9.69. The average molecular weight is 380 g/mol. The lowest BCUT2D eigenvalue weighted by Crippen LogP contribution is -2.17. The number of carbonyl (C=O) groups is 1. The lowest BCUT2D eigenvalue weighted by molar-refractivity contribution is -0.145. The molecule has 148 valence electrons. The Morgan fingerprint density at radius 3 is 2.43 bits per heavy atom. The molecule has 0 bridgehead atoms. The van der Waals surface area contributed by atoms with Crippen LogP contribution >= 0.6 is 0 Å². The molecule has 0 saturated carbocycles. The molecule has 0 aliphatic heterocycles. The van der Waals surface area contributed by atoms with Crippen molar-refractivity contribution in [1.82, 2.24) is 9.55 Å². The van der Waals surface area contributed by atoms with Gasteiger partial charge < -0.3 is 14.0 Å². The number of carbonyl (C=O) groups excluding carboxylic acids is 1. The van der Waals surface area contributed by atoms with Gasteiger partial charge in [0.05, 0.1) is 17.6 Å². The van der Waals surface area contributed by atoms with Crippen molar-refractivity contribution in [1.29, 1.82) is 0 Å². The topological polar surface area (TPSA) is 53.4 Å². The predicted octanol–water partition coefficient (Wildman–Crippen LogP) is 4.58. The Kier molecular flexibility index (Phi) is 6.15. The van der Waals surface area contributed by atoms with E-state index in [2.05, 4.69) is 45.0 Å². The van der Waals surface area contributed by atoms with Crippen molar-refractivity contribution in [3.05, 3.63) is 54.1 Å². The summed E-state index contributed by atoms with van der Waals surface area (Å²) in [5, 5.41) is 0. The zero-order valence-corrected chi connectivity index (χ0v) is 17.1. The molecule has 0 atom stereocenters. The van der Waals surface area contributed by atoms with E-state index in [0.29, 0.717) is 13.2 Å². The molecule has 2 aromatic carbocycles. The highest BCUT2D eigenvalue weighted by Crippen LogP contribution is 2.28. The van der Waals surface area contributed by atoms with Gasteiger partial charge in [-0.05, 0) is 30.0 Å². The summed E-state index contributed by atoms with van der Waals surface area (Å²) in [4.78, 5) is 17.1. The first kappa shape index (κ1) is 20.1. The number of aromatic nitrogens is 2. The number of ether oxygens (including phenoxy) is 2. The highest BCUT2D eigenvalue weighted by Gasteiger charge is 2.18. The van der Waals surface area contributed by atoms with Gasteiger partial charge in [0.2, 0.25) is 0 Å². The fraction of sp³-hybridized carbons (Fsp3) is 0.391. The van der Waals surface area contributed by atoms with Crippen LogP contribution in [0.1, 0.15) is 33.3 Å². The number of rotatable bonds is 7. The summed E-state index contributed by atoms with van der Waals surface area (Å²) in [6.45, 7) is 9.88. The summed E-state index contributed by atoms with van der Waals surface area (Å²) in [6.07, 6.45) is 0. The van der Waals surface area contributed by atoms with Crippen molar-refractivity contribution < 1.29 is 14.3 Å². The van der Waals surface area contributed by atoms with Gasteiger partial charge in [-0.2, -0.15) is 0 Å². The first-order valence-electron chi connectivity index (χ1n) is 9.69. The number of para-hydroxylation sites is 2. The SMILES string of the molecule is CCOCCOC(=O)Cn1c(-c2ccc(C(C)(C)C)cc2)nc2ccccc21. The lowest BCUT2D eigenvalue weighted by Gasteiger charge is -2.19. The summed E-state index contributed by atoms with van der Waals surface area (Å²) < 4.78 is 12.5. The molecule has 0 fully saturated rings. The van der Waals surface area contributed by atoms with Gasteiger partial charge in [-0.15, -0.1) is 0 Å². The molecule has 5 heteroatoms. The third kappa shape index (κ3) is 4.60. The van der Waals surface area contributed by atoms with E-state index in [1.165, 1.54) is 5.56 Å². The number of esters is 1. The molecule has 1 aromatic heterocycles. The molecule has 0 unspecified atom stereocenters. The summed E-state index contributed by atoms with van der Waals surface area (Å²) in [5.74, 6) is 0.471. The molecule has 28 heavy (non-hydrogen) atoms. The van der Waals surface area contributed by atoms with E-state index in [0.717, 1.165) is 22.4 Å². The largest absolute Gasteiger partial charge is 0.462 e. The number of fused-ring (bicyclic) bond motifs is 1. The molecule has 0 radical (unpaired) electrons. The van der Waals surface area contributed by atoms with Crippen molar-refractivity contribution in [2.75, 3.05) is 19.8 Å². The van der Waals surface area contributed by atoms with Crippen LogP contribution in [0, 0.1) is 0 Å². The zero-order chi connectivity index (χ0) is 20.1. The normalized spacial score (nSPS) is 11.7. The van der Waals surface area contributed by atoms with Crippen molar-refractivity contribution in [2.24, 2.45) is 0 Å². The Morgan fingerprint density at radius 2 is 1.75 bits per heavy atom. The molecule has 0 aliphatic rings. The van der Waals surface area contributed by atoms with Gasteiger partial charge in [-0.25, -0.2) is 4.98 Å². The van der Waals surface area contributed by atoms with E-state index in [9.17, 15) is 4.79 Å². The van der Waals surface area contributed by atoms with Gasteiger partial charge in [-0.3, -0.25) is 4.79 Å². The molecule has 5 nitrogen and oxygen atoms in total. The second kappa shape index (κ2) is 8.57. The minimum absolute atomic E-state index is 0.0863. The van der Waals surface area contributed by atoms with Crippen LogP contribution in [0.4, 0.5) is 0 Å². The average Bonchev–Trinajstić information content (AvgIpc) is 3.03. The summed E-state index contributed by atoms with van der Waals surface area (Å²) >= 11 is 0. The Morgan fingerprint density at radius 1 is 1.04 bits per heavy atom. The maximum Gasteiger partial charge on any atom is 0.326 e. The van der Waals surface area contributed by atoms with Crippen LogP contribution in [-0.4, -0.2) is 35.3 Å². The van der Waals surface area contributed by atoms with Crippen molar-refractivity contribution in [3.63, 3.8) is 0 Å². The van der Waals surface area contributed by atoms with Crippen LogP contribution in [0.3, 0.4) is 0 Å². The molecule has 0 amide bonds. The molecule has 0 N–H and O–H groups in total. The molecule has 3 aromatic rings. The smallest absolute Gasteiger partial charge is 0.326 e. The number of imidazole rings is 1. The zero-order valence-electron chi connectivity index (χ0n) is 17.1. The van der Waals surface area contributed by atoms with Crippen LogP contribution in [0.15, 0.2) is 48.5 Å². The van der Waals surface area contributed by atoms with Gasteiger partial charge in [0.15, 0.2) is 0 Å². The van der Waals surface area contributed by atoms with Crippen molar-refractivity contribution in [2.45, 2.75) is 39.7 Å². The van der Waals surface area contributed by atoms with Crippen LogP contribution in [0.25, 0.3) is 22.4 Å². The number of hydrogen-bond acceptors (Lipinski definition) is 4. The Hall–Kier alpha value is -2.66. The van der Waals surface area contributed by atoms with Crippen LogP contribution in [-0.2, 0) is 26.2 Å². The molecular formula is C23H28N2O3. The monoisotopic (exact) mass is 380 g/mol. The summed E-state index contributed by atoms with van der Waals surface area (Å²) in [6, 6.07) is 16.2. The maximum atomic E-state index is 12.4. The maximum absolute atomic E-state index is 12.4. The van der Waals surface area contributed by atoms with Gasteiger partial charge >= 0.3 is 5.97 Å². The standard InChI is InChI=1S/C23H28N2O3/c1-5-27-14-15-28-21(26)16-25-20-9-7-6-8-19(20)24-22(25)17-10-12-18(13-11-17)23(2,3)4/h6-13H,5,14-16H2,1-4H3. The van der Waals surface area contributed by atoms with E-state index >= 15 is 0 Å². The van der Waals surface area contributed by atoms with Gasteiger partial charge in [0.25, 0.3) is 0 Å². The minimum Gasteiger partial charge on any atom is -0.462 e. The number of benzene rings is 2. The number of nitrogens with zero attached hydrogens (tertiary/aromatic N) is 2. The van der Waals surface area contributed by atoms with Gasteiger partial charge in [-0.1, -0.05) is 57.2 Å². The third-order valence-corrected chi connectivity index (χ3v) is 4.65. The second-order valence-corrected chi connectivity index (χ2v) is 7.76. The van der Waals surface area contributed by atoms with E-state index in [-0.39, 0.29) is 24.5 Å². The highest BCUT2D eigenvalue weighted by atomic mass is 16.6.